The van der Waals surface area contributed by atoms with Gasteiger partial charge in [-0.2, -0.15) is 0 Å². The molecule has 0 aromatic heterocycles. The van der Waals surface area contributed by atoms with E-state index in [-0.39, 0.29) is 36.4 Å². The minimum absolute atomic E-state index is 0.0244. The molecular weight excluding hydrogens is 344 g/mol. The lowest BCUT2D eigenvalue weighted by Gasteiger charge is -2.35. The van der Waals surface area contributed by atoms with Crippen LogP contribution in [0.4, 0.5) is 0 Å². The molecule has 1 heterocycles. The number of carboxylic acid groups (broad SMARTS) is 1. The van der Waals surface area contributed by atoms with E-state index < -0.39 is 12.0 Å². The molecule has 1 unspecified atom stereocenters. The Hall–Kier alpha value is -3.15. The number of piperazine rings is 1. The molecule has 2 amide bonds. The Morgan fingerprint density at radius 1 is 1.04 bits per heavy atom. The van der Waals surface area contributed by atoms with E-state index in [1.54, 1.807) is 18.2 Å². The molecule has 6 nitrogen and oxygen atoms in total. The number of carbonyl (C=O) groups is 3. The summed E-state index contributed by atoms with van der Waals surface area (Å²) in [7, 11) is 0. The highest BCUT2D eigenvalue weighted by molar-refractivity contribution is 5.95. The summed E-state index contributed by atoms with van der Waals surface area (Å²) in [6.45, 7) is 0.0633. The van der Waals surface area contributed by atoms with Crippen LogP contribution in [0.15, 0.2) is 48.5 Å². The lowest BCUT2D eigenvalue weighted by atomic mass is 9.93. The van der Waals surface area contributed by atoms with Gasteiger partial charge in [0, 0.05) is 6.54 Å². The predicted molar refractivity (Wildman–Crippen MR) is 98.1 cm³/mol. The van der Waals surface area contributed by atoms with Gasteiger partial charge in [-0.25, -0.2) is 4.79 Å². The molecule has 0 saturated carbocycles. The van der Waals surface area contributed by atoms with Crippen LogP contribution in [0.2, 0.25) is 0 Å². The number of fused-ring (bicyclic) bond motifs is 1. The van der Waals surface area contributed by atoms with Gasteiger partial charge in [0.15, 0.2) is 0 Å². The van der Waals surface area contributed by atoms with Crippen molar-refractivity contribution < 1.29 is 19.5 Å². The molecule has 0 radical (unpaired) electrons. The molecule has 2 N–H and O–H groups in total. The second-order valence-corrected chi connectivity index (χ2v) is 7.14. The maximum atomic E-state index is 13.1. The normalized spacial score (nSPS) is 19.7. The summed E-state index contributed by atoms with van der Waals surface area (Å²) in [6.07, 6.45) is 1.51. The minimum Gasteiger partial charge on any atom is -0.478 e. The number of carboxylic acids is 1. The van der Waals surface area contributed by atoms with E-state index in [0.717, 1.165) is 12.8 Å². The van der Waals surface area contributed by atoms with Gasteiger partial charge in [-0.15, -0.1) is 0 Å². The average molecular weight is 364 g/mol. The summed E-state index contributed by atoms with van der Waals surface area (Å²) in [6, 6.07) is 14.1. The lowest BCUT2D eigenvalue weighted by molar-refractivity contribution is -0.146. The summed E-state index contributed by atoms with van der Waals surface area (Å²) >= 11 is 0. The van der Waals surface area contributed by atoms with Crippen molar-refractivity contribution in [2.75, 3.05) is 6.54 Å². The fourth-order valence-electron chi connectivity index (χ4n) is 4.08. The summed E-state index contributed by atoms with van der Waals surface area (Å²) in [5.74, 6) is -1.37. The quantitative estimate of drug-likeness (QED) is 0.863. The zero-order chi connectivity index (χ0) is 19.0. The van der Waals surface area contributed by atoms with Crippen LogP contribution < -0.4 is 5.32 Å². The number of benzene rings is 2. The van der Waals surface area contributed by atoms with Crippen molar-refractivity contribution in [3.8, 4) is 0 Å². The van der Waals surface area contributed by atoms with E-state index in [9.17, 15) is 19.5 Å². The van der Waals surface area contributed by atoms with Gasteiger partial charge in [0.05, 0.1) is 12.1 Å². The third kappa shape index (κ3) is 3.30. The molecule has 2 aliphatic rings. The second-order valence-electron chi connectivity index (χ2n) is 7.14. The minimum atomic E-state index is -1.04. The van der Waals surface area contributed by atoms with Crippen molar-refractivity contribution in [1.29, 1.82) is 0 Å². The Balaban J connectivity index is 1.55. The van der Waals surface area contributed by atoms with Gasteiger partial charge in [0.2, 0.25) is 11.8 Å². The highest BCUT2D eigenvalue weighted by Gasteiger charge is 2.40. The monoisotopic (exact) mass is 364 g/mol. The van der Waals surface area contributed by atoms with E-state index in [4.69, 9.17) is 0 Å². The fraction of sp³-hybridized carbons (Fsp3) is 0.286. The number of nitrogens with zero attached hydrogens (tertiary/aromatic N) is 1. The Morgan fingerprint density at radius 3 is 2.33 bits per heavy atom. The molecule has 2 aromatic rings. The van der Waals surface area contributed by atoms with Gasteiger partial charge in [0.25, 0.3) is 0 Å². The maximum Gasteiger partial charge on any atom is 0.336 e. The topological polar surface area (TPSA) is 86.7 Å². The number of hydrogen-bond acceptors (Lipinski definition) is 3. The zero-order valence-corrected chi connectivity index (χ0v) is 14.7. The molecule has 0 bridgehead atoms. The van der Waals surface area contributed by atoms with E-state index in [1.165, 1.54) is 22.1 Å². The lowest BCUT2D eigenvalue weighted by Crippen LogP contribution is -2.60. The van der Waals surface area contributed by atoms with Crippen LogP contribution in [0, 0.1) is 5.92 Å². The van der Waals surface area contributed by atoms with Crippen LogP contribution >= 0.6 is 0 Å². The van der Waals surface area contributed by atoms with Crippen LogP contribution in [-0.2, 0) is 29.0 Å². The highest BCUT2D eigenvalue weighted by Crippen LogP contribution is 2.30. The molecule has 2 aromatic carbocycles. The molecule has 1 saturated heterocycles. The van der Waals surface area contributed by atoms with E-state index >= 15 is 0 Å². The summed E-state index contributed by atoms with van der Waals surface area (Å²) in [4.78, 5) is 38.2. The molecule has 1 aliphatic carbocycles. The molecular formula is C21H20N2O4. The van der Waals surface area contributed by atoms with Gasteiger partial charge in [-0.3, -0.25) is 9.59 Å². The SMILES string of the molecule is O=C1CN(Cc2ccccc2C(=O)O)C(=O)C(C2Cc3ccccc3C2)N1. The number of aromatic carboxylic acids is 1. The molecule has 6 heteroatoms. The van der Waals surface area contributed by atoms with Gasteiger partial charge in [-0.1, -0.05) is 42.5 Å². The molecule has 4 rings (SSSR count). The zero-order valence-electron chi connectivity index (χ0n) is 14.7. The van der Waals surface area contributed by atoms with Gasteiger partial charge in [0.1, 0.15) is 6.04 Å². The molecule has 1 fully saturated rings. The van der Waals surface area contributed by atoms with Crippen LogP contribution in [0.1, 0.15) is 27.0 Å². The first-order valence-electron chi connectivity index (χ1n) is 8.99. The van der Waals surface area contributed by atoms with Crippen molar-refractivity contribution >= 4 is 17.8 Å². The number of amides is 2. The number of nitrogens with one attached hydrogen (secondary N) is 1. The molecule has 1 aliphatic heterocycles. The first-order chi connectivity index (χ1) is 13.0. The van der Waals surface area contributed by atoms with Crippen molar-refractivity contribution in [2.45, 2.75) is 25.4 Å². The number of hydrogen-bond donors (Lipinski definition) is 2. The van der Waals surface area contributed by atoms with Gasteiger partial charge >= 0.3 is 5.97 Å². The largest absolute Gasteiger partial charge is 0.478 e. The average Bonchev–Trinajstić information content (AvgIpc) is 3.08. The first kappa shape index (κ1) is 17.3. The third-order valence-corrected chi connectivity index (χ3v) is 5.39. The summed E-state index contributed by atoms with van der Waals surface area (Å²) < 4.78 is 0. The standard InChI is InChI=1S/C21H20N2O4/c24-18-12-23(11-15-7-3-4-8-17(15)21(26)27)20(25)19(22-18)16-9-13-5-1-2-6-14(13)10-16/h1-8,16,19H,9-12H2,(H,22,24)(H,26,27). The molecule has 0 spiro atoms. The van der Waals surface area contributed by atoms with Crippen molar-refractivity contribution in [2.24, 2.45) is 5.92 Å². The van der Waals surface area contributed by atoms with Crippen molar-refractivity contribution in [3.63, 3.8) is 0 Å². The maximum absolute atomic E-state index is 13.1. The Morgan fingerprint density at radius 2 is 1.67 bits per heavy atom. The summed E-state index contributed by atoms with van der Waals surface area (Å²) in [5, 5.41) is 12.2. The van der Waals surface area contributed by atoms with E-state index in [2.05, 4.69) is 17.4 Å². The number of carbonyl (C=O) groups excluding carboxylic acids is 2. The van der Waals surface area contributed by atoms with Crippen LogP contribution in [-0.4, -0.2) is 40.4 Å². The predicted octanol–water partition coefficient (Wildman–Crippen LogP) is 1.63. The Labute approximate surface area is 156 Å². The first-order valence-corrected chi connectivity index (χ1v) is 8.99. The van der Waals surface area contributed by atoms with Crippen LogP contribution in [0.25, 0.3) is 0 Å². The van der Waals surface area contributed by atoms with Crippen LogP contribution in [0.5, 0.6) is 0 Å². The van der Waals surface area contributed by atoms with Gasteiger partial charge in [-0.05, 0) is 41.5 Å². The van der Waals surface area contributed by atoms with Crippen molar-refractivity contribution in [1.82, 2.24) is 10.2 Å². The van der Waals surface area contributed by atoms with E-state index in [1.807, 2.05) is 12.1 Å². The number of rotatable bonds is 4. The smallest absolute Gasteiger partial charge is 0.336 e. The fourth-order valence-corrected chi connectivity index (χ4v) is 4.08. The van der Waals surface area contributed by atoms with E-state index in [0.29, 0.717) is 5.56 Å². The third-order valence-electron chi connectivity index (χ3n) is 5.39. The molecule has 138 valence electrons. The Bertz CT molecular complexity index is 899. The molecule has 27 heavy (non-hydrogen) atoms. The van der Waals surface area contributed by atoms with Crippen LogP contribution in [0.3, 0.4) is 0 Å². The Kier molecular flexibility index (Phi) is 4.39. The highest BCUT2D eigenvalue weighted by atomic mass is 16.4. The van der Waals surface area contributed by atoms with Gasteiger partial charge < -0.3 is 15.3 Å². The molecule has 1 atom stereocenters. The second kappa shape index (κ2) is 6.87. The van der Waals surface area contributed by atoms with Crippen molar-refractivity contribution in [3.05, 3.63) is 70.8 Å². The summed E-state index contributed by atoms with van der Waals surface area (Å²) in [5.41, 5.74) is 3.12.